The van der Waals surface area contributed by atoms with Crippen molar-refractivity contribution >= 4 is 29.4 Å². The smallest absolute Gasteiger partial charge is 0.247 e. The third-order valence-corrected chi connectivity index (χ3v) is 5.60. The molecule has 24 heavy (non-hydrogen) atoms. The van der Waals surface area contributed by atoms with Crippen LogP contribution in [0.1, 0.15) is 34.8 Å². The van der Waals surface area contributed by atoms with Gasteiger partial charge in [-0.1, -0.05) is 61.9 Å². The highest BCUT2D eigenvalue weighted by molar-refractivity contribution is 7.71. The van der Waals surface area contributed by atoms with Crippen LogP contribution in [-0.4, -0.2) is 5.52 Å². The molecular weight excluding hydrogens is 315 g/mol. The van der Waals surface area contributed by atoms with Gasteiger partial charge in [-0.3, -0.25) is 9.36 Å². The molecule has 2 nitrogen and oxygen atoms in total. The van der Waals surface area contributed by atoms with Gasteiger partial charge in [-0.15, -0.1) is 0 Å². The molecule has 0 spiro atoms. The van der Waals surface area contributed by atoms with Gasteiger partial charge in [-0.05, 0) is 47.4 Å². The van der Waals surface area contributed by atoms with Gasteiger partial charge in [0, 0.05) is 10.9 Å². The van der Waals surface area contributed by atoms with Crippen LogP contribution in [0.2, 0.25) is 0 Å². The zero-order valence-corrected chi connectivity index (χ0v) is 14.8. The Morgan fingerprint density at radius 1 is 0.958 bits per heavy atom. The minimum absolute atomic E-state index is 0.289. The molecule has 1 unspecified atom stereocenters. The Labute approximate surface area is 143 Å². The molecule has 0 aliphatic rings. The zero-order chi connectivity index (χ0) is 17.1. The number of benzene rings is 3. The summed E-state index contributed by atoms with van der Waals surface area (Å²) in [5.41, 5.74) is 2.36. The van der Waals surface area contributed by atoms with Crippen molar-refractivity contribution < 1.29 is 9.36 Å². The average Bonchev–Trinajstić information content (AvgIpc) is 2.61. The van der Waals surface area contributed by atoms with E-state index >= 15 is 0 Å². The largest absolute Gasteiger partial charge is 0.281 e. The minimum atomic E-state index is -2.11. The molecule has 0 fully saturated rings. The topological polar surface area (TPSA) is 34.1 Å². The fourth-order valence-corrected chi connectivity index (χ4v) is 4.12. The zero-order valence-electron chi connectivity index (χ0n) is 14.0. The van der Waals surface area contributed by atoms with Crippen LogP contribution in [0.15, 0.2) is 60.7 Å². The minimum Gasteiger partial charge on any atom is -0.281 e. The van der Waals surface area contributed by atoms with Gasteiger partial charge in [0.2, 0.25) is 5.52 Å². The van der Waals surface area contributed by atoms with Gasteiger partial charge >= 0.3 is 0 Å². The lowest BCUT2D eigenvalue weighted by Crippen LogP contribution is -2.06. The average molecular weight is 335 g/mol. The molecule has 0 aromatic heterocycles. The van der Waals surface area contributed by atoms with Gasteiger partial charge in [0.05, 0.1) is 0 Å². The van der Waals surface area contributed by atoms with Crippen LogP contribution in [-0.2, 0) is 11.0 Å². The van der Waals surface area contributed by atoms with Crippen LogP contribution in [0.25, 0.3) is 10.8 Å². The van der Waals surface area contributed by atoms with Crippen LogP contribution in [0.3, 0.4) is 0 Å². The van der Waals surface area contributed by atoms with Crippen molar-refractivity contribution in [2.24, 2.45) is 0 Å². The van der Waals surface area contributed by atoms with E-state index in [-0.39, 0.29) is 5.52 Å². The lowest BCUT2D eigenvalue weighted by Gasteiger charge is -2.09. The first-order valence-electron chi connectivity index (χ1n) is 8.20. The normalized spacial score (nSPS) is 11.5. The molecule has 0 heterocycles. The highest BCUT2D eigenvalue weighted by atomic mass is 31.1. The first-order valence-corrected chi connectivity index (χ1v) is 9.46. The van der Waals surface area contributed by atoms with Gasteiger partial charge in [0.15, 0.2) is 7.80 Å². The molecule has 0 saturated carbocycles. The molecule has 3 aromatic rings. The van der Waals surface area contributed by atoms with Crippen molar-refractivity contribution in [3.63, 3.8) is 0 Å². The molecule has 1 atom stereocenters. The van der Waals surface area contributed by atoms with Crippen LogP contribution >= 0.6 is 7.80 Å². The quantitative estimate of drug-likeness (QED) is 0.586. The number of hydrogen-bond donors (Lipinski definition) is 0. The standard InChI is InChI=1S/C21H20O2P/c1-3-6-16-10-13-18(14-11-16)24(23)21(22)20-15(2)9-12-17-7-4-5-8-19(17)20/h4-5,7-14H,3,6H2,1-2H3. The lowest BCUT2D eigenvalue weighted by atomic mass is 10.0. The van der Waals surface area contributed by atoms with Gasteiger partial charge in [-0.2, -0.15) is 0 Å². The number of carbonyl (C=O) groups excluding carboxylic acids is 1. The maximum absolute atomic E-state index is 12.9. The van der Waals surface area contributed by atoms with Gasteiger partial charge < -0.3 is 0 Å². The maximum atomic E-state index is 12.9. The number of fused-ring (bicyclic) bond motifs is 1. The molecule has 3 aromatic carbocycles. The summed E-state index contributed by atoms with van der Waals surface area (Å²) in [5, 5.41) is 2.46. The molecule has 0 aliphatic heterocycles. The van der Waals surface area contributed by atoms with E-state index in [9.17, 15) is 9.36 Å². The summed E-state index contributed by atoms with van der Waals surface area (Å²) in [4.78, 5) is 12.9. The van der Waals surface area contributed by atoms with Crippen molar-refractivity contribution in [3.8, 4) is 0 Å². The first-order chi connectivity index (χ1) is 11.6. The number of carbonyl (C=O) groups is 1. The molecule has 3 heteroatoms. The third-order valence-electron chi connectivity index (χ3n) is 4.25. The predicted octanol–water partition coefficient (Wildman–Crippen LogP) is 5.39. The Kier molecular flexibility index (Phi) is 4.87. The highest BCUT2D eigenvalue weighted by Gasteiger charge is 2.21. The summed E-state index contributed by atoms with van der Waals surface area (Å²) in [6, 6.07) is 19.2. The van der Waals surface area contributed by atoms with Crippen molar-refractivity contribution in [3.05, 3.63) is 77.4 Å². The SMILES string of the molecule is CCCc1ccc([P](=O)C(=O)c2c(C)ccc3ccccc23)cc1. The van der Waals surface area contributed by atoms with E-state index in [2.05, 4.69) is 6.92 Å². The third kappa shape index (κ3) is 3.16. The van der Waals surface area contributed by atoms with Crippen molar-refractivity contribution in [2.45, 2.75) is 26.7 Å². The molecule has 0 aliphatic carbocycles. The monoisotopic (exact) mass is 335 g/mol. The number of hydrogen-bond acceptors (Lipinski definition) is 2. The van der Waals surface area contributed by atoms with Crippen molar-refractivity contribution in [2.75, 3.05) is 0 Å². The molecule has 121 valence electrons. The Balaban J connectivity index is 2.00. The Hall–Kier alpha value is -2.31. The van der Waals surface area contributed by atoms with Crippen LogP contribution in [0.5, 0.6) is 0 Å². The summed E-state index contributed by atoms with van der Waals surface area (Å²) in [7, 11) is -2.11. The summed E-state index contributed by atoms with van der Waals surface area (Å²) in [5.74, 6) is 0. The summed E-state index contributed by atoms with van der Waals surface area (Å²) < 4.78 is 12.8. The fourth-order valence-electron chi connectivity index (χ4n) is 2.97. The van der Waals surface area contributed by atoms with Crippen LogP contribution < -0.4 is 5.30 Å². The molecule has 0 saturated heterocycles. The lowest BCUT2D eigenvalue weighted by molar-refractivity contribution is 0.108. The number of aryl methyl sites for hydroxylation is 2. The highest BCUT2D eigenvalue weighted by Crippen LogP contribution is 2.32. The van der Waals surface area contributed by atoms with E-state index in [4.69, 9.17) is 0 Å². The second-order valence-electron chi connectivity index (χ2n) is 5.99. The van der Waals surface area contributed by atoms with E-state index in [1.807, 2.05) is 67.6 Å². The molecule has 3 rings (SSSR count). The van der Waals surface area contributed by atoms with Crippen molar-refractivity contribution in [1.82, 2.24) is 0 Å². The molecular formula is C21H20O2P. The fraction of sp³-hybridized carbons (Fsp3) is 0.190. The van der Waals surface area contributed by atoms with Crippen LogP contribution in [0.4, 0.5) is 0 Å². The van der Waals surface area contributed by atoms with E-state index in [1.165, 1.54) is 5.56 Å². The summed E-state index contributed by atoms with van der Waals surface area (Å²) >= 11 is 0. The Morgan fingerprint density at radius 3 is 2.38 bits per heavy atom. The van der Waals surface area contributed by atoms with E-state index < -0.39 is 7.80 Å². The van der Waals surface area contributed by atoms with Gasteiger partial charge in [0.1, 0.15) is 0 Å². The second-order valence-corrected chi connectivity index (χ2v) is 7.51. The maximum Gasteiger partial charge on any atom is 0.247 e. The Morgan fingerprint density at radius 2 is 1.67 bits per heavy atom. The molecule has 0 N–H and O–H groups in total. The number of rotatable bonds is 5. The van der Waals surface area contributed by atoms with E-state index in [1.54, 1.807) is 0 Å². The van der Waals surface area contributed by atoms with Crippen LogP contribution in [0, 0.1) is 6.92 Å². The predicted molar refractivity (Wildman–Crippen MR) is 101 cm³/mol. The van der Waals surface area contributed by atoms with Crippen molar-refractivity contribution in [1.29, 1.82) is 0 Å². The first kappa shape index (κ1) is 16.5. The van der Waals surface area contributed by atoms with E-state index in [0.29, 0.717) is 10.9 Å². The second kappa shape index (κ2) is 7.07. The Bertz CT molecular complexity index is 911. The summed E-state index contributed by atoms with van der Waals surface area (Å²) in [6.07, 6.45) is 2.06. The van der Waals surface area contributed by atoms with E-state index in [0.717, 1.165) is 29.2 Å². The molecule has 0 amide bonds. The molecule has 1 radical (unpaired) electrons. The van der Waals surface area contributed by atoms with Gasteiger partial charge in [0.25, 0.3) is 0 Å². The summed E-state index contributed by atoms with van der Waals surface area (Å²) in [6.45, 7) is 4.02. The van der Waals surface area contributed by atoms with Gasteiger partial charge in [-0.25, -0.2) is 0 Å². The molecule has 0 bridgehead atoms.